The molecule has 18 heavy (non-hydrogen) atoms. The fraction of sp³-hybridized carbons (Fsp3) is 0.250. The number of carbonyl (C=O) groups is 1. The molecule has 2 aromatic heterocycles. The number of imidazole rings is 1. The molecule has 3 rings (SSSR count). The molecule has 0 bridgehead atoms. The van der Waals surface area contributed by atoms with Crippen LogP contribution in [0, 0.1) is 5.95 Å². The van der Waals surface area contributed by atoms with Crippen molar-refractivity contribution in [2.75, 3.05) is 6.54 Å². The fourth-order valence-corrected chi connectivity index (χ4v) is 2.03. The number of carbonyl (C=O) groups excluding carboxylic acids is 1. The van der Waals surface area contributed by atoms with Crippen molar-refractivity contribution in [3.8, 4) is 0 Å². The van der Waals surface area contributed by atoms with E-state index in [1.807, 2.05) is 10.8 Å². The van der Waals surface area contributed by atoms with Crippen molar-refractivity contribution < 1.29 is 9.18 Å². The van der Waals surface area contributed by atoms with E-state index in [0.29, 0.717) is 18.7 Å². The van der Waals surface area contributed by atoms with E-state index in [-0.39, 0.29) is 5.91 Å². The first-order valence-electron chi connectivity index (χ1n) is 5.65. The first-order chi connectivity index (χ1) is 8.74. The Morgan fingerprint density at radius 3 is 2.94 bits per heavy atom. The predicted octanol–water partition coefficient (Wildman–Crippen LogP) is 1.07. The predicted molar refractivity (Wildman–Crippen MR) is 61.2 cm³/mol. The molecule has 1 aliphatic rings. The van der Waals surface area contributed by atoms with Crippen molar-refractivity contribution in [1.29, 1.82) is 0 Å². The number of pyridine rings is 1. The second-order valence-electron chi connectivity index (χ2n) is 4.13. The number of halogens is 1. The lowest BCUT2D eigenvalue weighted by atomic mass is 10.2. The van der Waals surface area contributed by atoms with Crippen molar-refractivity contribution in [3.05, 3.63) is 48.1 Å². The van der Waals surface area contributed by atoms with Crippen LogP contribution >= 0.6 is 0 Å². The molecule has 2 aromatic rings. The van der Waals surface area contributed by atoms with Crippen LogP contribution in [0.1, 0.15) is 16.2 Å². The standard InChI is InChI=1S/C12H11FN4O/c13-10-2-1-9(7-15-10)12(18)17-6-5-16-4-3-14-11(16)8-17/h1-4,7H,5-6,8H2. The Balaban J connectivity index is 1.80. The van der Waals surface area contributed by atoms with E-state index >= 15 is 0 Å². The minimum atomic E-state index is -0.583. The van der Waals surface area contributed by atoms with Gasteiger partial charge in [-0.15, -0.1) is 0 Å². The quantitative estimate of drug-likeness (QED) is 0.707. The van der Waals surface area contributed by atoms with Crippen LogP contribution in [0.15, 0.2) is 30.7 Å². The van der Waals surface area contributed by atoms with Gasteiger partial charge in [0.1, 0.15) is 5.82 Å². The Bertz CT molecular complexity index is 578. The van der Waals surface area contributed by atoms with Gasteiger partial charge < -0.3 is 9.47 Å². The summed E-state index contributed by atoms with van der Waals surface area (Å²) in [5, 5.41) is 0. The molecule has 0 spiro atoms. The fourth-order valence-electron chi connectivity index (χ4n) is 2.03. The third-order valence-corrected chi connectivity index (χ3v) is 3.01. The van der Waals surface area contributed by atoms with Crippen LogP contribution in [0.5, 0.6) is 0 Å². The van der Waals surface area contributed by atoms with Gasteiger partial charge in [-0.1, -0.05) is 0 Å². The first-order valence-corrected chi connectivity index (χ1v) is 5.65. The molecular weight excluding hydrogens is 235 g/mol. The van der Waals surface area contributed by atoms with E-state index in [2.05, 4.69) is 9.97 Å². The molecular formula is C12H11FN4O. The van der Waals surface area contributed by atoms with E-state index < -0.39 is 5.95 Å². The number of nitrogens with zero attached hydrogens (tertiary/aromatic N) is 4. The van der Waals surface area contributed by atoms with Crippen LogP contribution in [-0.4, -0.2) is 31.9 Å². The van der Waals surface area contributed by atoms with Crippen molar-refractivity contribution in [3.63, 3.8) is 0 Å². The monoisotopic (exact) mass is 246 g/mol. The van der Waals surface area contributed by atoms with Gasteiger partial charge >= 0.3 is 0 Å². The third kappa shape index (κ3) is 1.85. The molecule has 0 radical (unpaired) electrons. The summed E-state index contributed by atoms with van der Waals surface area (Å²) in [5.41, 5.74) is 0.399. The molecule has 0 aliphatic carbocycles. The molecule has 1 aliphatic heterocycles. The molecule has 3 heterocycles. The van der Waals surface area contributed by atoms with Crippen molar-refractivity contribution >= 4 is 5.91 Å². The van der Waals surface area contributed by atoms with Gasteiger partial charge in [-0.25, -0.2) is 9.97 Å². The Hall–Kier alpha value is -2.24. The smallest absolute Gasteiger partial charge is 0.255 e. The number of rotatable bonds is 1. The highest BCUT2D eigenvalue weighted by molar-refractivity contribution is 5.93. The highest BCUT2D eigenvalue weighted by atomic mass is 19.1. The molecule has 0 N–H and O–H groups in total. The summed E-state index contributed by atoms with van der Waals surface area (Å²) in [5.74, 6) is 0.141. The Morgan fingerprint density at radius 2 is 2.17 bits per heavy atom. The highest BCUT2D eigenvalue weighted by Crippen LogP contribution is 2.13. The van der Waals surface area contributed by atoms with Gasteiger partial charge in [-0.2, -0.15) is 4.39 Å². The van der Waals surface area contributed by atoms with Crippen molar-refractivity contribution in [2.24, 2.45) is 0 Å². The summed E-state index contributed by atoms with van der Waals surface area (Å²) in [6.07, 6.45) is 4.89. The zero-order valence-corrected chi connectivity index (χ0v) is 9.58. The minimum absolute atomic E-state index is 0.142. The topological polar surface area (TPSA) is 51.0 Å². The zero-order valence-electron chi connectivity index (χ0n) is 9.58. The van der Waals surface area contributed by atoms with E-state index in [1.54, 1.807) is 11.1 Å². The molecule has 6 heteroatoms. The van der Waals surface area contributed by atoms with Gasteiger partial charge in [0.25, 0.3) is 5.91 Å². The first kappa shape index (κ1) is 10.9. The lowest BCUT2D eigenvalue weighted by Gasteiger charge is -2.27. The third-order valence-electron chi connectivity index (χ3n) is 3.01. The van der Waals surface area contributed by atoms with Crippen LogP contribution < -0.4 is 0 Å². The lowest BCUT2D eigenvalue weighted by molar-refractivity contribution is 0.0707. The maximum Gasteiger partial charge on any atom is 0.255 e. The van der Waals surface area contributed by atoms with Gasteiger partial charge in [-0.3, -0.25) is 4.79 Å². The molecule has 5 nitrogen and oxygen atoms in total. The summed E-state index contributed by atoms with van der Waals surface area (Å²) < 4.78 is 14.7. The summed E-state index contributed by atoms with van der Waals surface area (Å²) in [6.45, 7) is 1.83. The SMILES string of the molecule is O=C(c1ccc(F)nc1)N1CCn2ccnc2C1. The second kappa shape index (κ2) is 4.21. The van der Waals surface area contributed by atoms with Gasteiger partial charge in [0.2, 0.25) is 5.95 Å². The molecule has 1 amide bonds. The van der Waals surface area contributed by atoms with E-state index in [4.69, 9.17) is 0 Å². The largest absolute Gasteiger partial charge is 0.332 e. The molecule has 0 aromatic carbocycles. The van der Waals surface area contributed by atoms with Crippen LogP contribution in [0.25, 0.3) is 0 Å². The zero-order chi connectivity index (χ0) is 12.5. The molecule has 0 fully saturated rings. The van der Waals surface area contributed by atoms with Crippen molar-refractivity contribution in [1.82, 2.24) is 19.4 Å². The van der Waals surface area contributed by atoms with Crippen LogP contribution in [0.2, 0.25) is 0 Å². The number of aromatic nitrogens is 3. The second-order valence-corrected chi connectivity index (χ2v) is 4.13. The van der Waals surface area contributed by atoms with Crippen LogP contribution in [0.3, 0.4) is 0 Å². The molecule has 0 saturated carbocycles. The normalized spacial score (nSPS) is 14.4. The van der Waals surface area contributed by atoms with Gasteiger partial charge in [0.05, 0.1) is 12.1 Å². The van der Waals surface area contributed by atoms with E-state index in [9.17, 15) is 9.18 Å². The Labute approximate surface area is 103 Å². The molecule has 0 saturated heterocycles. The van der Waals surface area contributed by atoms with Crippen LogP contribution in [0.4, 0.5) is 4.39 Å². The molecule has 0 unspecified atom stereocenters. The highest BCUT2D eigenvalue weighted by Gasteiger charge is 2.22. The number of amides is 1. The van der Waals surface area contributed by atoms with Gasteiger partial charge in [-0.05, 0) is 12.1 Å². The van der Waals surface area contributed by atoms with E-state index in [1.165, 1.54) is 18.3 Å². The number of hydrogen-bond acceptors (Lipinski definition) is 3. The maximum absolute atomic E-state index is 12.7. The molecule has 0 atom stereocenters. The lowest BCUT2D eigenvalue weighted by Crippen LogP contribution is -2.38. The average molecular weight is 246 g/mol. The Morgan fingerprint density at radius 1 is 1.28 bits per heavy atom. The summed E-state index contributed by atoms with van der Waals surface area (Å²) in [4.78, 5) is 21.5. The Kier molecular flexibility index (Phi) is 2.55. The number of fused-ring (bicyclic) bond motifs is 1. The van der Waals surface area contributed by atoms with Crippen LogP contribution in [-0.2, 0) is 13.1 Å². The van der Waals surface area contributed by atoms with Gasteiger partial charge in [0.15, 0.2) is 0 Å². The maximum atomic E-state index is 12.7. The summed E-state index contributed by atoms with van der Waals surface area (Å²) in [7, 11) is 0. The van der Waals surface area contributed by atoms with Gasteiger partial charge in [0, 0.05) is 31.7 Å². The van der Waals surface area contributed by atoms with Crippen molar-refractivity contribution in [2.45, 2.75) is 13.1 Å². The molecule has 92 valence electrons. The summed E-state index contributed by atoms with van der Waals surface area (Å²) in [6, 6.07) is 2.64. The summed E-state index contributed by atoms with van der Waals surface area (Å²) >= 11 is 0. The average Bonchev–Trinajstić information content (AvgIpc) is 2.86. The minimum Gasteiger partial charge on any atom is -0.332 e. The number of hydrogen-bond donors (Lipinski definition) is 0. The van der Waals surface area contributed by atoms with E-state index in [0.717, 1.165) is 12.4 Å².